The summed E-state index contributed by atoms with van der Waals surface area (Å²) in [6, 6.07) is -0.796. The van der Waals surface area contributed by atoms with Gasteiger partial charge in [-0.25, -0.2) is 5.06 Å². The Hall–Kier alpha value is -2.76. The van der Waals surface area contributed by atoms with Gasteiger partial charge in [-0.15, -0.1) is 0 Å². The topological polar surface area (TPSA) is 129 Å². The van der Waals surface area contributed by atoms with Crippen LogP contribution in [0.25, 0.3) is 0 Å². The lowest BCUT2D eigenvalue weighted by Gasteiger charge is -2.40. The van der Waals surface area contributed by atoms with E-state index in [4.69, 9.17) is 9.47 Å². The highest BCUT2D eigenvalue weighted by molar-refractivity contribution is 5.97. The number of amides is 4. The molecule has 11 heteroatoms. The first-order valence-electron chi connectivity index (χ1n) is 13.0. The molecule has 206 valence electrons. The van der Waals surface area contributed by atoms with Gasteiger partial charge in [-0.1, -0.05) is 52.7 Å². The van der Waals surface area contributed by atoms with Gasteiger partial charge in [0.15, 0.2) is 0 Å². The minimum Gasteiger partial charge on any atom is -0.345 e. The maximum absolute atomic E-state index is 13.5. The number of rotatable bonds is 10. The first-order valence-corrected chi connectivity index (χ1v) is 13.0. The average molecular weight is 521 g/mol. The summed E-state index contributed by atoms with van der Waals surface area (Å²) in [4.78, 5) is 54.0. The molecular formula is C26H40N4O7. The summed E-state index contributed by atoms with van der Waals surface area (Å²) in [6.07, 6.45) is 7.33. The van der Waals surface area contributed by atoms with Crippen LogP contribution in [0, 0.1) is 11.3 Å². The van der Waals surface area contributed by atoms with E-state index >= 15 is 0 Å². The van der Waals surface area contributed by atoms with Gasteiger partial charge in [-0.3, -0.25) is 24.4 Å². The van der Waals surface area contributed by atoms with Crippen LogP contribution in [0.4, 0.5) is 0 Å². The van der Waals surface area contributed by atoms with Gasteiger partial charge in [0.1, 0.15) is 25.0 Å². The van der Waals surface area contributed by atoms with Gasteiger partial charge in [0.05, 0.1) is 12.5 Å². The lowest BCUT2D eigenvalue weighted by atomic mass is 9.85. The Kier molecular flexibility index (Phi) is 9.86. The van der Waals surface area contributed by atoms with Crippen molar-refractivity contribution in [1.29, 1.82) is 0 Å². The molecule has 4 amide bonds. The fourth-order valence-electron chi connectivity index (χ4n) is 4.70. The number of piperazine rings is 1. The summed E-state index contributed by atoms with van der Waals surface area (Å²) in [6.45, 7) is 9.16. The quantitative estimate of drug-likeness (QED) is 0.251. The van der Waals surface area contributed by atoms with Crippen molar-refractivity contribution < 1.29 is 33.9 Å². The van der Waals surface area contributed by atoms with Gasteiger partial charge in [0, 0.05) is 31.8 Å². The van der Waals surface area contributed by atoms with Crippen LogP contribution in [0.1, 0.15) is 47.0 Å². The molecule has 0 aromatic rings. The molecule has 0 radical (unpaired) electrons. The lowest BCUT2D eigenvalue weighted by molar-refractivity contribution is -0.155. The van der Waals surface area contributed by atoms with Crippen molar-refractivity contribution in [2.45, 2.75) is 65.2 Å². The number of unbranched alkanes of at least 4 members (excludes halogenated alkanes) is 1. The molecule has 4 atom stereocenters. The third-order valence-electron chi connectivity index (χ3n) is 6.99. The summed E-state index contributed by atoms with van der Waals surface area (Å²) >= 11 is 0. The summed E-state index contributed by atoms with van der Waals surface area (Å²) in [5.74, 6) is -1.33. The number of carbonyl (C=O) groups excluding carboxylic acids is 4. The van der Waals surface area contributed by atoms with Crippen molar-refractivity contribution in [1.82, 2.24) is 20.2 Å². The van der Waals surface area contributed by atoms with Gasteiger partial charge >= 0.3 is 0 Å². The van der Waals surface area contributed by atoms with Gasteiger partial charge < -0.3 is 24.6 Å². The van der Waals surface area contributed by atoms with Crippen LogP contribution in [0.2, 0.25) is 0 Å². The zero-order valence-corrected chi connectivity index (χ0v) is 22.2. The standard InChI is InChI=1S/C26H40N4O7/c1-5-6-7-19(15-30(35)16-31)23(32)27-22(26(2,3)4)25(34)29-12-10-28(11-13-29)24(33)18-8-9-20-21(14-18)37-17-36-20/h8-9,14,16,19-22,35H,5-7,10-13,15,17H2,1-4H3,(H,27,32)/t19-,20?,21?,22-/m1/s1. The molecule has 2 unspecified atom stereocenters. The smallest absolute Gasteiger partial charge is 0.253 e. The van der Waals surface area contributed by atoms with Crippen molar-refractivity contribution in [2.75, 3.05) is 39.5 Å². The minimum absolute atomic E-state index is 0.111. The second kappa shape index (κ2) is 12.7. The Labute approximate surface area is 218 Å². The van der Waals surface area contributed by atoms with Gasteiger partial charge in [-0.05, 0) is 17.9 Å². The van der Waals surface area contributed by atoms with Crippen LogP contribution in [0.5, 0.6) is 0 Å². The third-order valence-corrected chi connectivity index (χ3v) is 6.99. The molecular weight excluding hydrogens is 480 g/mol. The van der Waals surface area contributed by atoms with Crippen molar-refractivity contribution in [3.8, 4) is 0 Å². The normalized spacial score (nSPS) is 23.1. The summed E-state index contributed by atoms with van der Waals surface area (Å²) < 4.78 is 10.9. The maximum Gasteiger partial charge on any atom is 0.253 e. The molecule has 2 heterocycles. The van der Waals surface area contributed by atoms with Gasteiger partial charge in [0.2, 0.25) is 18.2 Å². The van der Waals surface area contributed by atoms with E-state index in [1.54, 1.807) is 22.0 Å². The van der Waals surface area contributed by atoms with Gasteiger partial charge in [0.25, 0.3) is 5.91 Å². The SMILES string of the molecule is CCCC[C@H](CN(O)C=O)C(=O)N[C@H](C(=O)N1CCN(C(=O)C2=CC3OCOC3C=C2)CC1)C(C)(C)C. The number of hydrogen-bond donors (Lipinski definition) is 2. The molecule has 37 heavy (non-hydrogen) atoms. The summed E-state index contributed by atoms with van der Waals surface area (Å²) in [5, 5.41) is 13.0. The highest BCUT2D eigenvalue weighted by Gasteiger charge is 2.39. The Bertz CT molecular complexity index is 905. The number of hydroxylamine groups is 2. The molecule has 2 saturated heterocycles. The lowest BCUT2D eigenvalue weighted by Crippen LogP contribution is -2.60. The fourth-order valence-corrected chi connectivity index (χ4v) is 4.70. The Morgan fingerprint density at radius 1 is 1.16 bits per heavy atom. The average Bonchev–Trinajstić information content (AvgIpc) is 3.36. The molecule has 0 spiro atoms. The first kappa shape index (κ1) is 28.8. The predicted octanol–water partition coefficient (Wildman–Crippen LogP) is 1.08. The van der Waals surface area contributed by atoms with E-state index < -0.39 is 17.4 Å². The van der Waals surface area contributed by atoms with Crippen LogP contribution in [0.3, 0.4) is 0 Å². The molecule has 11 nitrogen and oxygen atoms in total. The van der Waals surface area contributed by atoms with E-state index in [0.717, 1.165) is 12.8 Å². The van der Waals surface area contributed by atoms with E-state index in [-0.39, 0.29) is 49.7 Å². The van der Waals surface area contributed by atoms with Crippen LogP contribution in [0.15, 0.2) is 23.8 Å². The minimum atomic E-state index is -0.796. The number of fused-ring (bicyclic) bond motifs is 1. The molecule has 3 rings (SSSR count). The maximum atomic E-state index is 13.5. The molecule has 3 aliphatic rings. The summed E-state index contributed by atoms with van der Waals surface area (Å²) in [5.41, 5.74) is -0.0198. The Balaban J connectivity index is 1.61. The van der Waals surface area contributed by atoms with Gasteiger partial charge in [-0.2, -0.15) is 0 Å². The zero-order chi connectivity index (χ0) is 27.2. The van der Waals surface area contributed by atoms with Crippen molar-refractivity contribution >= 4 is 24.1 Å². The van der Waals surface area contributed by atoms with Crippen LogP contribution in [-0.4, -0.2) is 102 Å². The molecule has 0 saturated carbocycles. The molecule has 0 aromatic carbocycles. The van der Waals surface area contributed by atoms with Crippen LogP contribution >= 0.6 is 0 Å². The molecule has 2 aliphatic heterocycles. The van der Waals surface area contributed by atoms with E-state index in [1.807, 2.05) is 33.8 Å². The monoisotopic (exact) mass is 520 g/mol. The third kappa shape index (κ3) is 7.39. The van der Waals surface area contributed by atoms with E-state index in [0.29, 0.717) is 43.2 Å². The largest absolute Gasteiger partial charge is 0.345 e. The number of nitrogens with zero attached hydrogens (tertiary/aromatic N) is 3. The van der Waals surface area contributed by atoms with E-state index in [2.05, 4.69) is 5.32 Å². The molecule has 2 N–H and O–H groups in total. The van der Waals surface area contributed by atoms with Crippen LogP contribution in [-0.2, 0) is 28.7 Å². The molecule has 0 aromatic heterocycles. The number of nitrogens with one attached hydrogen (secondary N) is 1. The molecule has 1 aliphatic carbocycles. The molecule has 0 bridgehead atoms. The number of ether oxygens (including phenoxy) is 2. The van der Waals surface area contributed by atoms with E-state index in [1.165, 1.54) is 0 Å². The predicted molar refractivity (Wildman–Crippen MR) is 134 cm³/mol. The highest BCUT2D eigenvalue weighted by Crippen LogP contribution is 2.25. The zero-order valence-electron chi connectivity index (χ0n) is 22.2. The van der Waals surface area contributed by atoms with Crippen molar-refractivity contribution in [3.05, 3.63) is 23.8 Å². The molecule has 2 fully saturated rings. The van der Waals surface area contributed by atoms with Crippen molar-refractivity contribution in [2.24, 2.45) is 11.3 Å². The number of hydrogen-bond acceptors (Lipinski definition) is 7. The second-order valence-electron chi connectivity index (χ2n) is 10.9. The van der Waals surface area contributed by atoms with Crippen LogP contribution < -0.4 is 5.32 Å². The highest BCUT2D eigenvalue weighted by atomic mass is 16.7. The van der Waals surface area contributed by atoms with Crippen molar-refractivity contribution in [3.63, 3.8) is 0 Å². The summed E-state index contributed by atoms with van der Waals surface area (Å²) in [7, 11) is 0. The second-order valence-corrected chi connectivity index (χ2v) is 10.9. The Morgan fingerprint density at radius 2 is 1.81 bits per heavy atom. The first-order chi connectivity index (χ1) is 17.5. The number of carbonyl (C=O) groups is 4. The fraction of sp³-hybridized carbons (Fsp3) is 0.692. The van der Waals surface area contributed by atoms with E-state index in [9.17, 15) is 24.4 Å². The Morgan fingerprint density at radius 3 is 2.43 bits per heavy atom.